The number of thioether (sulfide) groups is 2. The lowest BCUT2D eigenvalue weighted by Gasteiger charge is -2.19. The molecule has 34 heavy (non-hydrogen) atoms. The van der Waals surface area contributed by atoms with Gasteiger partial charge in [-0.05, 0) is 54.8 Å². The fourth-order valence-electron chi connectivity index (χ4n) is 4.18. The smallest absolute Gasteiger partial charge is 0.269 e. The average Bonchev–Trinajstić information content (AvgIpc) is 3.40. The van der Waals surface area contributed by atoms with Crippen molar-refractivity contribution in [2.75, 3.05) is 24.5 Å². The van der Waals surface area contributed by atoms with E-state index in [0.717, 1.165) is 34.5 Å². The van der Waals surface area contributed by atoms with Gasteiger partial charge in [-0.1, -0.05) is 84.6 Å². The second kappa shape index (κ2) is 10.5. The third kappa shape index (κ3) is 4.79. The number of amidine groups is 1. The molecule has 0 saturated carbocycles. The standard InChI is InChI=1S/C28H27N3OS2/c1-2-30-23-15-9-10-16-24(23)33-27(30)25-26(32)31(20-18-22-13-7-4-8-14-22)28(34-25)29-19-17-21-11-5-3-6-12-21/h3-16H,2,17-20H2,1H3/b27-25-,29-28?. The van der Waals surface area contributed by atoms with Crippen LogP contribution >= 0.6 is 23.5 Å². The second-order valence-electron chi connectivity index (χ2n) is 8.14. The molecule has 172 valence electrons. The highest BCUT2D eigenvalue weighted by Gasteiger charge is 2.39. The van der Waals surface area contributed by atoms with E-state index in [9.17, 15) is 4.79 Å². The third-order valence-corrected chi connectivity index (χ3v) is 8.36. The van der Waals surface area contributed by atoms with E-state index < -0.39 is 0 Å². The van der Waals surface area contributed by atoms with Gasteiger partial charge in [-0.25, -0.2) is 0 Å². The van der Waals surface area contributed by atoms with Gasteiger partial charge in [0, 0.05) is 24.5 Å². The largest absolute Gasteiger partial charge is 0.334 e. The maximum Gasteiger partial charge on any atom is 0.269 e. The van der Waals surface area contributed by atoms with Crippen molar-refractivity contribution < 1.29 is 4.79 Å². The number of rotatable bonds is 7. The minimum absolute atomic E-state index is 0.0631. The van der Waals surface area contributed by atoms with Crippen LogP contribution in [0.4, 0.5) is 5.69 Å². The van der Waals surface area contributed by atoms with Crippen molar-refractivity contribution in [1.29, 1.82) is 0 Å². The minimum Gasteiger partial charge on any atom is -0.334 e. The maximum atomic E-state index is 13.7. The Morgan fingerprint density at radius 1 is 0.765 bits per heavy atom. The number of aliphatic imine (C=N–C) groups is 1. The molecule has 0 unspecified atom stereocenters. The van der Waals surface area contributed by atoms with E-state index in [1.165, 1.54) is 33.5 Å². The van der Waals surface area contributed by atoms with Gasteiger partial charge in [-0.3, -0.25) is 14.7 Å². The van der Waals surface area contributed by atoms with Crippen molar-refractivity contribution in [1.82, 2.24) is 4.90 Å². The van der Waals surface area contributed by atoms with Crippen LogP contribution in [0, 0.1) is 0 Å². The van der Waals surface area contributed by atoms with Gasteiger partial charge in [0.15, 0.2) is 5.17 Å². The average molecular weight is 486 g/mol. The number of hydrogen-bond acceptors (Lipinski definition) is 5. The first-order valence-electron chi connectivity index (χ1n) is 11.7. The summed E-state index contributed by atoms with van der Waals surface area (Å²) in [6, 6.07) is 29.1. The molecule has 2 aliphatic heterocycles. The molecule has 0 atom stereocenters. The first-order chi connectivity index (χ1) is 16.7. The van der Waals surface area contributed by atoms with Crippen LogP contribution in [-0.4, -0.2) is 35.6 Å². The molecule has 3 aromatic rings. The van der Waals surface area contributed by atoms with Crippen LogP contribution in [0.25, 0.3) is 0 Å². The van der Waals surface area contributed by atoms with E-state index in [1.54, 1.807) is 11.8 Å². The number of para-hydroxylation sites is 1. The highest BCUT2D eigenvalue weighted by molar-refractivity contribution is 8.19. The van der Waals surface area contributed by atoms with Gasteiger partial charge in [-0.2, -0.15) is 0 Å². The molecule has 0 aliphatic carbocycles. The molecule has 0 aromatic heterocycles. The summed E-state index contributed by atoms with van der Waals surface area (Å²) in [6.07, 6.45) is 1.66. The molecule has 0 N–H and O–H groups in total. The van der Waals surface area contributed by atoms with Crippen molar-refractivity contribution in [2.45, 2.75) is 24.7 Å². The Morgan fingerprint density at radius 2 is 1.41 bits per heavy atom. The van der Waals surface area contributed by atoms with Gasteiger partial charge in [0.1, 0.15) is 9.93 Å². The fourth-order valence-corrected chi connectivity index (χ4v) is 6.60. The molecule has 0 radical (unpaired) electrons. The van der Waals surface area contributed by atoms with Crippen molar-refractivity contribution >= 4 is 40.3 Å². The lowest BCUT2D eigenvalue weighted by molar-refractivity contribution is -0.122. The first kappa shape index (κ1) is 22.8. The normalized spacial score (nSPS) is 18.7. The van der Waals surface area contributed by atoms with E-state index in [0.29, 0.717) is 13.1 Å². The molecule has 2 aliphatic rings. The molecule has 2 heterocycles. The highest BCUT2D eigenvalue weighted by Crippen LogP contribution is 2.50. The van der Waals surface area contributed by atoms with Crippen molar-refractivity contribution in [3.63, 3.8) is 0 Å². The molecule has 4 nitrogen and oxygen atoms in total. The van der Waals surface area contributed by atoms with Gasteiger partial charge in [0.25, 0.3) is 5.91 Å². The molecule has 5 rings (SSSR count). The zero-order valence-electron chi connectivity index (χ0n) is 19.2. The Kier molecular flexibility index (Phi) is 7.07. The lowest BCUT2D eigenvalue weighted by Crippen LogP contribution is -2.32. The Bertz CT molecular complexity index is 1220. The molecule has 1 fully saturated rings. The lowest BCUT2D eigenvalue weighted by atomic mass is 10.1. The van der Waals surface area contributed by atoms with E-state index in [-0.39, 0.29) is 5.91 Å². The van der Waals surface area contributed by atoms with Crippen LogP contribution in [0.15, 0.2) is 105 Å². The summed E-state index contributed by atoms with van der Waals surface area (Å²) in [6.45, 7) is 4.24. The van der Waals surface area contributed by atoms with Crippen LogP contribution in [0.1, 0.15) is 18.1 Å². The van der Waals surface area contributed by atoms with Gasteiger partial charge in [-0.15, -0.1) is 0 Å². The maximum absolute atomic E-state index is 13.7. The van der Waals surface area contributed by atoms with Crippen LogP contribution in [0.2, 0.25) is 0 Å². The van der Waals surface area contributed by atoms with E-state index in [2.05, 4.69) is 72.5 Å². The summed E-state index contributed by atoms with van der Waals surface area (Å²) in [7, 11) is 0. The molecule has 0 bridgehead atoms. The Morgan fingerprint density at radius 3 is 2.12 bits per heavy atom. The number of carbonyl (C=O) groups excluding carboxylic acids is 1. The van der Waals surface area contributed by atoms with Gasteiger partial charge >= 0.3 is 0 Å². The van der Waals surface area contributed by atoms with Crippen LogP contribution in [0.3, 0.4) is 0 Å². The van der Waals surface area contributed by atoms with Crippen molar-refractivity contribution in [3.8, 4) is 0 Å². The molecular formula is C28H27N3OS2. The zero-order valence-corrected chi connectivity index (χ0v) is 20.8. The summed E-state index contributed by atoms with van der Waals surface area (Å²) in [5.41, 5.74) is 3.66. The van der Waals surface area contributed by atoms with Gasteiger partial charge in [0.05, 0.1) is 5.69 Å². The Balaban J connectivity index is 1.42. The van der Waals surface area contributed by atoms with Crippen molar-refractivity contribution in [3.05, 3.63) is 106 Å². The number of anilines is 1. The molecule has 1 saturated heterocycles. The summed E-state index contributed by atoms with van der Waals surface area (Å²) >= 11 is 3.22. The predicted molar refractivity (Wildman–Crippen MR) is 144 cm³/mol. The quantitative estimate of drug-likeness (QED) is 0.373. The van der Waals surface area contributed by atoms with Crippen molar-refractivity contribution in [2.24, 2.45) is 4.99 Å². The molecule has 1 amide bonds. The minimum atomic E-state index is 0.0631. The topological polar surface area (TPSA) is 35.9 Å². The Labute approximate surface area is 209 Å². The van der Waals surface area contributed by atoms with E-state index in [4.69, 9.17) is 4.99 Å². The second-order valence-corrected chi connectivity index (χ2v) is 10.2. The zero-order chi connectivity index (χ0) is 23.3. The number of fused-ring (bicyclic) bond motifs is 1. The van der Waals surface area contributed by atoms with Crippen LogP contribution < -0.4 is 4.90 Å². The van der Waals surface area contributed by atoms with Crippen LogP contribution in [0.5, 0.6) is 0 Å². The van der Waals surface area contributed by atoms with E-state index in [1.807, 2.05) is 29.2 Å². The summed E-state index contributed by atoms with van der Waals surface area (Å²) in [5.74, 6) is 0.0631. The third-order valence-electron chi connectivity index (χ3n) is 5.94. The fraction of sp³-hybridized carbons (Fsp3) is 0.214. The number of amides is 1. The van der Waals surface area contributed by atoms with Gasteiger partial charge in [0.2, 0.25) is 0 Å². The van der Waals surface area contributed by atoms with E-state index >= 15 is 0 Å². The monoisotopic (exact) mass is 485 g/mol. The summed E-state index contributed by atoms with van der Waals surface area (Å²) in [4.78, 5) is 24.7. The Hall–Kier alpha value is -2.96. The number of benzene rings is 3. The molecule has 6 heteroatoms. The first-order valence-corrected chi connectivity index (χ1v) is 13.3. The molecule has 3 aromatic carbocycles. The SMILES string of the molecule is CCN1/C(=C2/SC(=NCCc3ccccc3)N(CCc3ccccc3)C2=O)Sc2ccccc21. The summed E-state index contributed by atoms with van der Waals surface area (Å²) < 4.78 is 0. The van der Waals surface area contributed by atoms with Gasteiger partial charge < -0.3 is 4.90 Å². The number of carbonyl (C=O) groups is 1. The van der Waals surface area contributed by atoms with Crippen LogP contribution in [-0.2, 0) is 17.6 Å². The number of hydrogen-bond donors (Lipinski definition) is 0. The number of nitrogens with zero attached hydrogens (tertiary/aromatic N) is 3. The highest BCUT2D eigenvalue weighted by atomic mass is 32.2. The molecule has 0 spiro atoms. The predicted octanol–water partition coefficient (Wildman–Crippen LogP) is 6.20. The molecular weight excluding hydrogens is 458 g/mol. The summed E-state index contributed by atoms with van der Waals surface area (Å²) in [5, 5.41) is 1.84.